The fraction of sp³-hybridized carbons (Fsp3) is 0.250. The average Bonchev–Trinajstić information content (AvgIpc) is 3.17. The molecule has 2 aromatic heterocycles. The Morgan fingerprint density at radius 1 is 1.19 bits per heavy atom. The van der Waals surface area contributed by atoms with Crippen molar-refractivity contribution in [3.8, 4) is 11.1 Å². The molecule has 1 aliphatic rings. The third-order valence-corrected chi connectivity index (χ3v) is 4.01. The van der Waals surface area contributed by atoms with E-state index in [0.29, 0.717) is 5.52 Å². The summed E-state index contributed by atoms with van der Waals surface area (Å²) in [6, 6.07) is 12.0. The van der Waals surface area contributed by atoms with Crippen LogP contribution in [0.15, 0.2) is 47.4 Å². The van der Waals surface area contributed by atoms with Crippen molar-refractivity contribution in [2.24, 2.45) is 0 Å². The van der Waals surface area contributed by atoms with Crippen molar-refractivity contribution in [2.45, 2.75) is 18.9 Å². The molecule has 2 N–H and O–H groups in total. The maximum absolute atomic E-state index is 12.5. The smallest absolute Gasteiger partial charge is 0.275 e. The van der Waals surface area contributed by atoms with Crippen molar-refractivity contribution in [3.05, 3.63) is 58.8 Å². The number of H-pyrrole nitrogens is 1. The Balaban J connectivity index is 1.88. The Labute approximate surface area is 121 Å². The molecule has 5 heteroatoms. The zero-order chi connectivity index (χ0) is 14.2. The third kappa shape index (κ3) is 2.06. The Kier molecular flexibility index (Phi) is 2.86. The lowest BCUT2D eigenvalue weighted by Gasteiger charge is -2.09. The number of hydrogen-bond donors (Lipinski definition) is 2. The Hall–Kier alpha value is -2.40. The molecule has 3 heterocycles. The molecular formula is C16H16N4O. The van der Waals surface area contributed by atoms with E-state index in [0.717, 1.165) is 36.3 Å². The van der Waals surface area contributed by atoms with E-state index in [1.807, 2.05) is 42.6 Å². The van der Waals surface area contributed by atoms with Crippen molar-refractivity contribution < 1.29 is 0 Å². The van der Waals surface area contributed by atoms with Crippen LogP contribution in [0.5, 0.6) is 0 Å². The lowest BCUT2D eigenvalue weighted by Crippen LogP contribution is -2.23. The molecule has 0 aliphatic carbocycles. The molecule has 1 fully saturated rings. The zero-order valence-corrected chi connectivity index (χ0v) is 11.5. The van der Waals surface area contributed by atoms with E-state index < -0.39 is 0 Å². The van der Waals surface area contributed by atoms with Gasteiger partial charge < -0.3 is 10.3 Å². The van der Waals surface area contributed by atoms with Gasteiger partial charge in [0.1, 0.15) is 11.3 Å². The van der Waals surface area contributed by atoms with Gasteiger partial charge in [-0.2, -0.15) is 5.10 Å². The molecule has 0 saturated carbocycles. The highest BCUT2D eigenvalue weighted by atomic mass is 16.1. The lowest BCUT2D eigenvalue weighted by atomic mass is 10.1. The number of fused-ring (bicyclic) bond motifs is 1. The first-order valence-corrected chi connectivity index (χ1v) is 7.23. The molecule has 21 heavy (non-hydrogen) atoms. The second-order valence-corrected chi connectivity index (χ2v) is 5.38. The van der Waals surface area contributed by atoms with Crippen LogP contribution >= 0.6 is 0 Å². The number of nitrogens with zero attached hydrogens (tertiary/aromatic N) is 2. The minimum Gasteiger partial charge on any atom is -0.307 e. The van der Waals surface area contributed by atoms with Gasteiger partial charge in [-0.05, 0) is 31.0 Å². The molecule has 1 aliphatic heterocycles. The van der Waals surface area contributed by atoms with Gasteiger partial charge in [-0.25, -0.2) is 4.52 Å². The summed E-state index contributed by atoms with van der Waals surface area (Å²) in [4.78, 5) is 15.4. The first-order valence-electron chi connectivity index (χ1n) is 7.23. The fourth-order valence-electron chi connectivity index (χ4n) is 2.97. The summed E-state index contributed by atoms with van der Waals surface area (Å²) >= 11 is 0. The summed E-state index contributed by atoms with van der Waals surface area (Å²) in [5, 5.41) is 7.92. The quantitative estimate of drug-likeness (QED) is 0.756. The van der Waals surface area contributed by atoms with Crippen molar-refractivity contribution in [2.75, 3.05) is 6.54 Å². The number of nitrogens with one attached hydrogen (secondary N) is 2. The van der Waals surface area contributed by atoms with E-state index in [1.165, 1.54) is 0 Å². The van der Waals surface area contributed by atoms with Crippen LogP contribution in [0.25, 0.3) is 16.6 Å². The maximum Gasteiger partial charge on any atom is 0.275 e. The number of rotatable bonds is 2. The monoisotopic (exact) mass is 280 g/mol. The topological polar surface area (TPSA) is 62.2 Å². The van der Waals surface area contributed by atoms with Crippen LogP contribution < -0.4 is 10.9 Å². The van der Waals surface area contributed by atoms with Gasteiger partial charge in [0, 0.05) is 11.8 Å². The van der Waals surface area contributed by atoms with Crippen molar-refractivity contribution >= 4 is 5.52 Å². The van der Waals surface area contributed by atoms with Crippen LogP contribution in [0, 0.1) is 0 Å². The highest BCUT2D eigenvalue weighted by Crippen LogP contribution is 2.24. The van der Waals surface area contributed by atoms with Gasteiger partial charge in [0.05, 0.1) is 6.04 Å². The molecule has 0 amide bonds. The van der Waals surface area contributed by atoms with Gasteiger partial charge in [0.25, 0.3) is 5.56 Å². The second-order valence-electron chi connectivity index (χ2n) is 5.38. The normalized spacial score (nSPS) is 18.4. The summed E-state index contributed by atoms with van der Waals surface area (Å²) in [5.41, 5.74) is 2.45. The molecule has 0 bridgehead atoms. The molecule has 1 aromatic carbocycles. The molecule has 4 rings (SSSR count). The molecule has 0 unspecified atom stereocenters. The van der Waals surface area contributed by atoms with Crippen LogP contribution in [0.1, 0.15) is 24.7 Å². The minimum atomic E-state index is -0.0856. The largest absolute Gasteiger partial charge is 0.307 e. The molecule has 106 valence electrons. The van der Waals surface area contributed by atoms with E-state index in [9.17, 15) is 4.79 Å². The summed E-state index contributed by atoms with van der Waals surface area (Å²) < 4.78 is 1.69. The number of benzene rings is 1. The van der Waals surface area contributed by atoms with Gasteiger partial charge in [0.15, 0.2) is 0 Å². The highest BCUT2D eigenvalue weighted by molar-refractivity contribution is 5.79. The zero-order valence-electron chi connectivity index (χ0n) is 11.5. The molecular weight excluding hydrogens is 264 g/mol. The molecule has 1 saturated heterocycles. The van der Waals surface area contributed by atoms with Crippen molar-refractivity contribution in [1.29, 1.82) is 0 Å². The lowest BCUT2D eigenvalue weighted by molar-refractivity contribution is 0.583. The Morgan fingerprint density at radius 3 is 2.81 bits per heavy atom. The fourth-order valence-corrected chi connectivity index (χ4v) is 2.97. The summed E-state index contributed by atoms with van der Waals surface area (Å²) in [7, 11) is 0. The van der Waals surface area contributed by atoms with Crippen molar-refractivity contribution in [3.63, 3.8) is 0 Å². The molecule has 0 radical (unpaired) electrons. The van der Waals surface area contributed by atoms with Gasteiger partial charge in [-0.1, -0.05) is 30.3 Å². The van der Waals surface area contributed by atoms with Crippen LogP contribution in [0.2, 0.25) is 0 Å². The summed E-state index contributed by atoms with van der Waals surface area (Å²) in [5.74, 6) is 0.722. The Morgan fingerprint density at radius 2 is 2.05 bits per heavy atom. The van der Waals surface area contributed by atoms with E-state index in [-0.39, 0.29) is 11.6 Å². The van der Waals surface area contributed by atoms with E-state index in [2.05, 4.69) is 15.4 Å². The first-order chi connectivity index (χ1) is 10.3. The average molecular weight is 280 g/mol. The predicted molar refractivity (Wildman–Crippen MR) is 81.2 cm³/mol. The van der Waals surface area contributed by atoms with E-state index in [1.54, 1.807) is 4.52 Å². The first kappa shape index (κ1) is 12.3. The van der Waals surface area contributed by atoms with Gasteiger partial charge in [-0.3, -0.25) is 4.79 Å². The highest BCUT2D eigenvalue weighted by Gasteiger charge is 2.20. The maximum atomic E-state index is 12.5. The number of aromatic amines is 1. The van der Waals surface area contributed by atoms with Crippen LogP contribution in [0.4, 0.5) is 0 Å². The number of aromatic nitrogens is 3. The van der Waals surface area contributed by atoms with E-state index >= 15 is 0 Å². The van der Waals surface area contributed by atoms with Gasteiger partial charge in [0.2, 0.25) is 0 Å². The van der Waals surface area contributed by atoms with Crippen LogP contribution in [-0.4, -0.2) is 21.1 Å². The Bertz CT molecular complexity index is 828. The van der Waals surface area contributed by atoms with Crippen molar-refractivity contribution in [1.82, 2.24) is 19.9 Å². The third-order valence-electron chi connectivity index (χ3n) is 4.01. The molecule has 1 atom stereocenters. The van der Waals surface area contributed by atoms with Crippen LogP contribution in [-0.2, 0) is 0 Å². The minimum absolute atomic E-state index is 0.0856. The SMILES string of the molecule is O=c1[nH]c([C@@H]2CCCN2)nn2ccc(-c3ccccc3)c12. The summed E-state index contributed by atoms with van der Waals surface area (Å²) in [6.45, 7) is 0.980. The molecule has 3 aromatic rings. The van der Waals surface area contributed by atoms with Gasteiger partial charge >= 0.3 is 0 Å². The summed E-state index contributed by atoms with van der Waals surface area (Å²) in [6.07, 6.45) is 3.99. The number of hydrogen-bond acceptors (Lipinski definition) is 3. The van der Waals surface area contributed by atoms with E-state index in [4.69, 9.17) is 0 Å². The molecule has 0 spiro atoms. The second kappa shape index (κ2) is 4.86. The predicted octanol–water partition coefficient (Wildman–Crippen LogP) is 2.11. The standard InChI is InChI=1S/C16H16N4O/c21-16-14-12(11-5-2-1-3-6-11)8-10-20(14)19-15(18-16)13-7-4-9-17-13/h1-3,5-6,8,10,13,17H,4,7,9H2,(H,18,19,21)/t13-/m0/s1. The van der Waals surface area contributed by atoms with Crippen LogP contribution in [0.3, 0.4) is 0 Å². The van der Waals surface area contributed by atoms with Gasteiger partial charge in [-0.15, -0.1) is 0 Å². The molecule has 5 nitrogen and oxygen atoms in total.